The Labute approximate surface area is 408 Å². The Balaban J connectivity index is 2.34. The van der Waals surface area contributed by atoms with E-state index in [1.807, 2.05) is 0 Å². The van der Waals surface area contributed by atoms with Gasteiger partial charge in [-0.2, -0.15) is 8.42 Å². The largest absolute Gasteiger partial charge is 0.457 e. The second-order valence-corrected chi connectivity index (χ2v) is 19.1. The van der Waals surface area contributed by atoms with Crippen LogP contribution in [0.5, 0.6) is 0 Å². The SMILES string of the molecule is CC/C=C\C/C=C\C/C=C\C/C=C\CCCCCCCCCCCCC(=O)OC(COCCCCCCCC/C=C\CCCCCCCCC)COC1OC(CO)C(O)C(OS(=O)(=O)O)C1O. The lowest BCUT2D eigenvalue weighted by molar-refractivity contribution is -0.301. The number of carbonyl (C=O) groups is 1. The molecule has 1 aliphatic heterocycles. The van der Waals surface area contributed by atoms with E-state index in [2.05, 4.69) is 78.8 Å². The van der Waals surface area contributed by atoms with Crippen molar-refractivity contribution in [1.82, 2.24) is 0 Å². The van der Waals surface area contributed by atoms with Crippen molar-refractivity contribution in [2.45, 2.75) is 250 Å². The smallest absolute Gasteiger partial charge is 0.397 e. The van der Waals surface area contributed by atoms with E-state index in [4.69, 9.17) is 18.9 Å². The first-order valence-corrected chi connectivity index (χ1v) is 27.9. The number of hydrogen-bond acceptors (Lipinski definition) is 11. The number of allylic oxidation sites excluding steroid dienone is 10. The van der Waals surface area contributed by atoms with E-state index in [0.717, 1.165) is 77.0 Å². The lowest BCUT2D eigenvalue weighted by atomic mass is 9.99. The van der Waals surface area contributed by atoms with E-state index in [1.165, 1.54) is 109 Å². The van der Waals surface area contributed by atoms with Crippen LogP contribution in [0.1, 0.15) is 213 Å². The van der Waals surface area contributed by atoms with Gasteiger partial charge in [-0.1, -0.05) is 190 Å². The van der Waals surface area contributed by atoms with Crippen molar-refractivity contribution in [2.24, 2.45) is 0 Å². The average molecular weight is 969 g/mol. The molecule has 1 aliphatic rings. The first-order chi connectivity index (χ1) is 32.6. The molecule has 13 heteroatoms. The molecule has 390 valence electrons. The monoisotopic (exact) mass is 969 g/mol. The molecule has 0 radical (unpaired) electrons. The summed E-state index contributed by atoms with van der Waals surface area (Å²) >= 11 is 0. The summed E-state index contributed by atoms with van der Waals surface area (Å²) < 4.78 is 59.3. The van der Waals surface area contributed by atoms with Gasteiger partial charge in [-0.15, -0.1) is 0 Å². The summed E-state index contributed by atoms with van der Waals surface area (Å²) in [6.45, 7) is 3.87. The normalized spacial score (nSPS) is 19.9. The molecule has 0 bridgehead atoms. The molecule has 1 saturated heterocycles. The molecule has 1 rings (SSSR count). The van der Waals surface area contributed by atoms with Crippen LogP contribution in [0.25, 0.3) is 0 Å². The minimum absolute atomic E-state index is 0.0290. The lowest BCUT2D eigenvalue weighted by Gasteiger charge is -2.41. The van der Waals surface area contributed by atoms with Crippen LogP contribution in [0.15, 0.2) is 60.8 Å². The number of carbonyl (C=O) groups excluding carboxylic acids is 1. The van der Waals surface area contributed by atoms with Crippen molar-refractivity contribution in [1.29, 1.82) is 0 Å². The highest BCUT2D eigenvalue weighted by Crippen LogP contribution is 2.26. The Kier molecular flexibility index (Phi) is 42.2. The summed E-state index contributed by atoms with van der Waals surface area (Å²) in [5.41, 5.74) is 0. The lowest BCUT2D eigenvalue weighted by Crippen LogP contribution is -2.60. The predicted molar refractivity (Wildman–Crippen MR) is 271 cm³/mol. The molecular weight excluding hydrogens is 873 g/mol. The van der Waals surface area contributed by atoms with Gasteiger partial charge in [-0.25, -0.2) is 4.18 Å². The highest BCUT2D eigenvalue weighted by molar-refractivity contribution is 7.80. The molecule has 0 aliphatic carbocycles. The van der Waals surface area contributed by atoms with Crippen LogP contribution in [0.2, 0.25) is 0 Å². The van der Waals surface area contributed by atoms with Gasteiger partial charge in [0.1, 0.15) is 30.5 Å². The maximum absolute atomic E-state index is 12.9. The summed E-state index contributed by atoms with van der Waals surface area (Å²) in [7, 11) is -5.07. The van der Waals surface area contributed by atoms with Gasteiger partial charge in [0.2, 0.25) is 0 Å². The van der Waals surface area contributed by atoms with Crippen LogP contribution < -0.4 is 0 Å². The zero-order valence-electron chi connectivity index (χ0n) is 41.9. The molecule has 0 amide bonds. The van der Waals surface area contributed by atoms with Gasteiger partial charge in [0.05, 0.1) is 19.8 Å². The average Bonchev–Trinajstić information content (AvgIpc) is 3.30. The maximum atomic E-state index is 12.9. The third-order valence-corrected chi connectivity index (χ3v) is 12.3. The predicted octanol–water partition coefficient (Wildman–Crippen LogP) is 12.5. The maximum Gasteiger partial charge on any atom is 0.397 e. The van der Waals surface area contributed by atoms with Gasteiger partial charge in [-0.05, 0) is 77.0 Å². The van der Waals surface area contributed by atoms with E-state index >= 15 is 0 Å². The Bertz CT molecular complexity index is 1400. The van der Waals surface area contributed by atoms with Crippen molar-refractivity contribution in [3.8, 4) is 0 Å². The van der Waals surface area contributed by atoms with Gasteiger partial charge in [0.25, 0.3) is 0 Å². The highest BCUT2D eigenvalue weighted by atomic mass is 32.3. The Morgan fingerprint density at radius 2 is 1.03 bits per heavy atom. The molecule has 0 aromatic carbocycles. The van der Waals surface area contributed by atoms with Crippen LogP contribution in [-0.4, -0.2) is 97.5 Å². The van der Waals surface area contributed by atoms with Gasteiger partial charge in [0.15, 0.2) is 6.29 Å². The van der Waals surface area contributed by atoms with E-state index in [0.29, 0.717) is 13.0 Å². The quantitative estimate of drug-likeness (QED) is 0.0197. The number of hydrogen-bond donors (Lipinski definition) is 4. The van der Waals surface area contributed by atoms with Crippen molar-refractivity contribution in [3.05, 3.63) is 60.8 Å². The third kappa shape index (κ3) is 38.3. The summed E-state index contributed by atoms with van der Waals surface area (Å²) in [6.07, 6.45) is 48.2. The molecule has 1 fully saturated rings. The standard InChI is InChI=1S/C54H96O12S/c1-3-5-7-9-11-13-15-17-19-21-22-23-24-25-26-27-29-31-33-35-37-39-41-43-50(56)64-48(47-63-54-52(58)53(66-67(59,60)61)51(57)49(45-55)65-54)46-62-44-42-40-38-36-34-32-30-28-20-18-16-14-12-10-8-6-4-2/h5,7,11,13,17,19-20,22-23,28,48-49,51-55,57-58H,3-4,6,8-10,12,14-16,18,21,24-27,29-47H2,1-2H3,(H,59,60,61)/b7-5-,13-11-,19-17-,23-22-,28-20-. The van der Waals surface area contributed by atoms with Crippen molar-refractivity contribution in [2.75, 3.05) is 26.4 Å². The molecule has 0 aromatic rings. The minimum atomic E-state index is -5.07. The summed E-state index contributed by atoms with van der Waals surface area (Å²) in [5, 5.41) is 30.8. The molecule has 12 nitrogen and oxygen atoms in total. The molecule has 1 heterocycles. The second-order valence-electron chi connectivity index (χ2n) is 18.1. The Hall–Kier alpha value is -2.20. The fourth-order valence-corrected chi connectivity index (χ4v) is 8.40. The third-order valence-electron chi connectivity index (χ3n) is 11.9. The number of unbranched alkanes of at least 4 members (excludes halogenated alkanes) is 23. The second kappa shape index (κ2) is 45.0. The zero-order valence-corrected chi connectivity index (χ0v) is 42.8. The van der Waals surface area contributed by atoms with Crippen LogP contribution in [0.4, 0.5) is 0 Å². The molecule has 4 N–H and O–H groups in total. The molecule has 67 heavy (non-hydrogen) atoms. The molecule has 6 unspecified atom stereocenters. The summed E-state index contributed by atoms with van der Waals surface area (Å²) in [5.74, 6) is -0.406. The number of aliphatic hydroxyl groups is 3. The van der Waals surface area contributed by atoms with Gasteiger partial charge in [0, 0.05) is 13.0 Å². The zero-order chi connectivity index (χ0) is 48.9. The van der Waals surface area contributed by atoms with Crippen molar-refractivity contribution >= 4 is 16.4 Å². The van der Waals surface area contributed by atoms with Gasteiger partial charge in [-0.3, -0.25) is 9.35 Å². The van der Waals surface area contributed by atoms with E-state index in [9.17, 15) is 33.1 Å². The van der Waals surface area contributed by atoms with E-state index < -0.39 is 59.8 Å². The van der Waals surface area contributed by atoms with Gasteiger partial charge >= 0.3 is 16.4 Å². The summed E-state index contributed by atoms with van der Waals surface area (Å²) in [4.78, 5) is 12.9. The number of rotatable bonds is 46. The molecule has 0 spiro atoms. The fraction of sp³-hybridized carbons (Fsp3) is 0.796. The number of esters is 1. The van der Waals surface area contributed by atoms with Crippen LogP contribution in [0, 0.1) is 0 Å². The highest BCUT2D eigenvalue weighted by Gasteiger charge is 2.48. The number of aliphatic hydroxyl groups excluding tert-OH is 3. The molecule has 0 saturated carbocycles. The van der Waals surface area contributed by atoms with Gasteiger partial charge < -0.3 is 34.3 Å². The Morgan fingerprint density at radius 1 is 0.582 bits per heavy atom. The fourth-order valence-electron chi connectivity index (χ4n) is 7.89. The van der Waals surface area contributed by atoms with Crippen LogP contribution in [-0.2, 0) is 38.3 Å². The topological polar surface area (TPSA) is 178 Å². The molecule has 0 aromatic heterocycles. The van der Waals surface area contributed by atoms with E-state index in [-0.39, 0.29) is 19.6 Å². The summed E-state index contributed by atoms with van der Waals surface area (Å²) in [6, 6.07) is 0. The minimum Gasteiger partial charge on any atom is -0.457 e. The van der Waals surface area contributed by atoms with Crippen LogP contribution in [0.3, 0.4) is 0 Å². The molecule has 6 atom stereocenters. The number of ether oxygens (including phenoxy) is 4. The Morgan fingerprint density at radius 3 is 1.52 bits per heavy atom. The first-order valence-electron chi connectivity index (χ1n) is 26.5. The molecular formula is C54H96O12S. The van der Waals surface area contributed by atoms with Crippen molar-refractivity contribution in [3.63, 3.8) is 0 Å². The van der Waals surface area contributed by atoms with E-state index in [1.54, 1.807) is 0 Å². The first kappa shape index (κ1) is 62.8. The van der Waals surface area contributed by atoms with Crippen LogP contribution >= 0.6 is 0 Å². The van der Waals surface area contributed by atoms with Crippen molar-refractivity contribution < 1.29 is 56.2 Å².